The highest BCUT2D eigenvalue weighted by Crippen LogP contribution is 2.10. The maximum atomic E-state index is 11.9. The molecule has 0 aliphatic carbocycles. The minimum Gasteiger partial charge on any atom is -0.462 e. The molecule has 0 radical (unpaired) electrons. The number of unbranched alkanes of at least 4 members (excludes halogenated alkanes) is 1. The molecule has 0 saturated heterocycles. The predicted molar refractivity (Wildman–Crippen MR) is 108 cm³/mol. The number of anilines is 1. The van der Waals surface area contributed by atoms with Crippen LogP contribution in [0.5, 0.6) is 0 Å². The second-order valence-corrected chi connectivity index (χ2v) is 6.33. The van der Waals surface area contributed by atoms with Crippen LogP contribution in [0.2, 0.25) is 0 Å². The van der Waals surface area contributed by atoms with Crippen molar-refractivity contribution in [2.45, 2.75) is 39.5 Å². The highest BCUT2D eigenvalue weighted by atomic mass is 16.5. The summed E-state index contributed by atoms with van der Waals surface area (Å²) in [5.41, 5.74) is 3.65. The number of benzene rings is 1. The minimum atomic E-state index is -0.360. The lowest BCUT2D eigenvalue weighted by Gasteiger charge is -2.09. The van der Waals surface area contributed by atoms with Crippen molar-refractivity contribution in [2.24, 2.45) is 0 Å². The van der Waals surface area contributed by atoms with Crippen molar-refractivity contribution >= 4 is 11.7 Å². The van der Waals surface area contributed by atoms with Crippen molar-refractivity contribution in [3.05, 3.63) is 53.6 Å². The Morgan fingerprint density at radius 2 is 1.85 bits per heavy atom. The van der Waals surface area contributed by atoms with E-state index in [1.165, 1.54) is 36.6 Å². The van der Waals surface area contributed by atoms with E-state index in [-0.39, 0.29) is 5.97 Å². The van der Waals surface area contributed by atoms with Gasteiger partial charge in [-0.25, -0.2) is 14.8 Å². The molecule has 146 valence electrons. The van der Waals surface area contributed by atoms with Gasteiger partial charge in [-0.05, 0) is 44.0 Å². The van der Waals surface area contributed by atoms with Gasteiger partial charge in [-0.3, -0.25) is 0 Å². The van der Waals surface area contributed by atoms with Crippen LogP contribution < -0.4 is 10.6 Å². The summed E-state index contributed by atoms with van der Waals surface area (Å²) in [7, 11) is 0. The first-order valence-corrected chi connectivity index (χ1v) is 9.74. The van der Waals surface area contributed by atoms with E-state index in [0.717, 1.165) is 31.7 Å². The predicted octanol–water partition coefficient (Wildman–Crippen LogP) is 3.24. The van der Waals surface area contributed by atoms with Gasteiger partial charge in [-0.1, -0.05) is 25.5 Å². The van der Waals surface area contributed by atoms with Gasteiger partial charge in [0.1, 0.15) is 6.33 Å². The van der Waals surface area contributed by atoms with E-state index in [4.69, 9.17) is 4.74 Å². The molecule has 0 aliphatic rings. The second kappa shape index (κ2) is 12.0. The summed E-state index contributed by atoms with van der Waals surface area (Å²) in [6.07, 6.45) is 7.01. The first kappa shape index (κ1) is 20.8. The van der Waals surface area contributed by atoms with Crippen LogP contribution in [-0.4, -0.2) is 42.2 Å². The molecule has 1 heterocycles. The van der Waals surface area contributed by atoms with Crippen LogP contribution in [0.4, 0.5) is 5.69 Å². The highest BCUT2D eigenvalue weighted by Gasteiger charge is 2.13. The largest absolute Gasteiger partial charge is 0.462 e. The third-order valence-corrected chi connectivity index (χ3v) is 4.23. The van der Waals surface area contributed by atoms with E-state index in [1.54, 1.807) is 6.92 Å². The fraction of sp³-hybridized carbons (Fsp3) is 0.476. The maximum absolute atomic E-state index is 11.9. The molecule has 0 unspecified atom stereocenters. The molecule has 1 aromatic heterocycles. The van der Waals surface area contributed by atoms with Crippen LogP contribution in [0.1, 0.15) is 48.3 Å². The van der Waals surface area contributed by atoms with E-state index in [1.807, 2.05) is 0 Å². The van der Waals surface area contributed by atoms with Gasteiger partial charge >= 0.3 is 5.97 Å². The van der Waals surface area contributed by atoms with E-state index >= 15 is 0 Å². The zero-order chi connectivity index (χ0) is 19.3. The maximum Gasteiger partial charge on any atom is 0.341 e. The lowest BCUT2D eigenvalue weighted by atomic mass is 10.1. The molecule has 0 atom stereocenters. The summed E-state index contributed by atoms with van der Waals surface area (Å²) in [6, 6.07) is 8.60. The summed E-state index contributed by atoms with van der Waals surface area (Å²) < 4.78 is 5.05. The molecule has 0 fully saturated rings. The van der Waals surface area contributed by atoms with Crippen LogP contribution in [0, 0.1) is 0 Å². The molecule has 2 N–H and O–H groups in total. The summed E-state index contributed by atoms with van der Waals surface area (Å²) in [5, 5.41) is 6.83. The van der Waals surface area contributed by atoms with Gasteiger partial charge in [0, 0.05) is 31.4 Å². The normalized spacial score (nSPS) is 10.6. The van der Waals surface area contributed by atoms with E-state index in [2.05, 4.69) is 51.8 Å². The minimum absolute atomic E-state index is 0.346. The Labute approximate surface area is 161 Å². The summed E-state index contributed by atoms with van der Waals surface area (Å²) in [6.45, 7) is 6.98. The highest BCUT2D eigenvalue weighted by molar-refractivity contribution is 5.90. The van der Waals surface area contributed by atoms with Gasteiger partial charge in [0.25, 0.3) is 0 Å². The standard InChI is InChI=1S/C21H30N4O2/c1-3-5-12-24-18-8-6-17(7-9-18)10-13-22-14-11-20-19(15-23-16-25-20)21(26)27-4-2/h6-9,15-16,22,24H,3-5,10-14H2,1-2H3. The number of hydrogen-bond acceptors (Lipinski definition) is 6. The van der Waals surface area contributed by atoms with Crippen LogP contribution in [0.25, 0.3) is 0 Å². The van der Waals surface area contributed by atoms with Gasteiger partial charge in [0.2, 0.25) is 0 Å². The van der Waals surface area contributed by atoms with Crippen LogP contribution in [-0.2, 0) is 17.6 Å². The lowest BCUT2D eigenvalue weighted by molar-refractivity contribution is 0.0524. The van der Waals surface area contributed by atoms with Gasteiger partial charge in [-0.2, -0.15) is 0 Å². The van der Waals surface area contributed by atoms with Crippen LogP contribution >= 0.6 is 0 Å². The topological polar surface area (TPSA) is 76.1 Å². The Morgan fingerprint density at radius 1 is 1.07 bits per heavy atom. The molecule has 1 aromatic carbocycles. The molecule has 0 amide bonds. The van der Waals surface area contributed by atoms with Gasteiger partial charge in [-0.15, -0.1) is 0 Å². The SMILES string of the molecule is CCCCNc1ccc(CCNCCc2ncncc2C(=O)OCC)cc1. The molecule has 2 rings (SSSR count). The summed E-state index contributed by atoms with van der Waals surface area (Å²) in [5.74, 6) is -0.360. The van der Waals surface area contributed by atoms with Gasteiger partial charge in [0.15, 0.2) is 0 Å². The van der Waals surface area contributed by atoms with E-state index < -0.39 is 0 Å². The van der Waals surface area contributed by atoms with Gasteiger partial charge < -0.3 is 15.4 Å². The summed E-state index contributed by atoms with van der Waals surface area (Å²) >= 11 is 0. The quantitative estimate of drug-likeness (QED) is 0.441. The Bertz CT molecular complexity index is 689. The molecule has 6 heteroatoms. The zero-order valence-corrected chi connectivity index (χ0v) is 16.3. The summed E-state index contributed by atoms with van der Waals surface area (Å²) in [4.78, 5) is 20.1. The van der Waals surface area contributed by atoms with Crippen LogP contribution in [0.3, 0.4) is 0 Å². The molecular formula is C21H30N4O2. The first-order chi connectivity index (χ1) is 13.2. The number of rotatable bonds is 12. The molecule has 0 aliphatic heterocycles. The van der Waals surface area contributed by atoms with Crippen molar-refractivity contribution in [2.75, 3.05) is 31.6 Å². The third-order valence-electron chi connectivity index (χ3n) is 4.23. The van der Waals surface area contributed by atoms with Crippen molar-refractivity contribution in [1.82, 2.24) is 15.3 Å². The fourth-order valence-electron chi connectivity index (χ4n) is 2.70. The number of hydrogen-bond donors (Lipinski definition) is 2. The van der Waals surface area contributed by atoms with Crippen molar-refractivity contribution < 1.29 is 9.53 Å². The fourth-order valence-corrected chi connectivity index (χ4v) is 2.70. The molecule has 0 spiro atoms. The molecule has 27 heavy (non-hydrogen) atoms. The molecule has 0 saturated carbocycles. The van der Waals surface area contributed by atoms with E-state index in [9.17, 15) is 4.79 Å². The first-order valence-electron chi connectivity index (χ1n) is 9.74. The van der Waals surface area contributed by atoms with Crippen molar-refractivity contribution in [1.29, 1.82) is 0 Å². The average molecular weight is 370 g/mol. The number of ether oxygens (including phenoxy) is 1. The zero-order valence-electron chi connectivity index (χ0n) is 16.3. The molecular weight excluding hydrogens is 340 g/mol. The number of esters is 1. The molecule has 0 bridgehead atoms. The third kappa shape index (κ3) is 7.35. The number of aromatic nitrogens is 2. The number of carbonyl (C=O) groups is 1. The Morgan fingerprint density at radius 3 is 2.59 bits per heavy atom. The molecule has 2 aromatic rings. The van der Waals surface area contributed by atoms with Crippen molar-refractivity contribution in [3.63, 3.8) is 0 Å². The second-order valence-electron chi connectivity index (χ2n) is 6.33. The Balaban J connectivity index is 1.71. The molecule has 6 nitrogen and oxygen atoms in total. The lowest BCUT2D eigenvalue weighted by Crippen LogP contribution is -2.22. The Kier molecular flexibility index (Phi) is 9.27. The number of nitrogens with one attached hydrogen (secondary N) is 2. The smallest absolute Gasteiger partial charge is 0.341 e. The Hall–Kier alpha value is -2.47. The number of carbonyl (C=O) groups excluding carboxylic acids is 1. The van der Waals surface area contributed by atoms with Crippen molar-refractivity contribution in [3.8, 4) is 0 Å². The average Bonchev–Trinajstić information content (AvgIpc) is 2.69. The van der Waals surface area contributed by atoms with Crippen LogP contribution in [0.15, 0.2) is 36.8 Å². The number of nitrogens with zero attached hydrogens (tertiary/aromatic N) is 2. The van der Waals surface area contributed by atoms with Gasteiger partial charge in [0.05, 0.1) is 17.9 Å². The monoisotopic (exact) mass is 370 g/mol. The van der Waals surface area contributed by atoms with E-state index in [0.29, 0.717) is 18.6 Å².